The maximum atomic E-state index is 9.10. The molecular formula is C15H22N2O. The number of nitrogens with zero attached hydrogens (tertiary/aromatic N) is 1. The molecule has 1 aromatic carbocycles. The van der Waals surface area contributed by atoms with Crippen LogP contribution >= 0.6 is 0 Å². The van der Waals surface area contributed by atoms with Crippen LogP contribution in [0.3, 0.4) is 0 Å². The number of benzene rings is 1. The van der Waals surface area contributed by atoms with Crippen molar-refractivity contribution in [2.75, 3.05) is 13.2 Å². The number of fused-ring (bicyclic) bond motifs is 1. The predicted octanol–water partition coefficient (Wildman–Crippen LogP) is 2.38. The normalized spacial score (nSPS) is 11.6. The molecule has 0 saturated carbocycles. The van der Waals surface area contributed by atoms with Crippen LogP contribution in [0.2, 0.25) is 0 Å². The van der Waals surface area contributed by atoms with Crippen LogP contribution in [0, 0.1) is 5.92 Å². The summed E-state index contributed by atoms with van der Waals surface area (Å²) in [7, 11) is 0. The summed E-state index contributed by atoms with van der Waals surface area (Å²) in [5, 5.41) is 13.8. The molecule has 0 amide bonds. The topological polar surface area (TPSA) is 37.2 Å². The quantitative estimate of drug-likeness (QED) is 0.821. The Bertz CT molecular complexity index is 502. The Morgan fingerprint density at radius 3 is 2.83 bits per heavy atom. The lowest BCUT2D eigenvalue weighted by Crippen LogP contribution is -2.19. The van der Waals surface area contributed by atoms with Crippen molar-refractivity contribution in [3.05, 3.63) is 36.0 Å². The second kappa shape index (κ2) is 6.03. The predicted molar refractivity (Wildman–Crippen MR) is 75.6 cm³/mol. The van der Waals surface area contributed by atoms with Gasteiger partial charge in [-0.15, -0.1) is 0 Å². The lowest BCUT2D eigenvalue weighted by Gasteiger charge is -2.11. The van der Waals surface area contributed by atoms with E-state index in [0.29, 0.717) is 12.5 Å². The number of para-hydroxylation sites is 1. The zero-order chi connectivity index (χ0) is 13.0. The molecule has 0 aliphatic rings. The summed E-state index contributed by atoms with van der Waals surface area (Å²) in [5.74, 6) is 0.661. The molecule has 3 heteroatoms. The van der Waals surface area contributed by atoms with Crippen molar-refractivity contribution < 1.29 is 5.11 Å². The van der Waals surface area contributed by atoms with E-state index < -0.39 is 0 Å². The van der Waals surface area contributed by atoms with Gasteiger partial charge in [0.25, 0.3) is 0 Å². The Morgan fingerprint density at radius 2 is 2.11 bits per heavy atom. The molecule has 1 aromatic heterocycles. The third-order valence-electron chi connectivity index (χ3n) is 3.08. The Kier molecular flexibility index (Phi) is 4.39. The third kappa shape index (κ3) is 2.92. The first-order chi connectivity index (χ1) is 8.72. The Morgan fingerprint density at radius 1 is 1.28 bits per heavy atom. The summed E-state index contributed by atoms with van der Waals surface area (Å²) in [4.78, 5) is 0. The van der Waals surface area contributed by atoms with Crippen molar-refractivity contribution in [1.82, 2.24) is 9.88 Å². The number of aromatic nitrogens is 1. The summed E-state index contributed by atoms with van der Waals surface area (Å²) in [6, 6.07) is 8.48. The Balaban J connectivity index is 2.22. The molecule has 0 saturated heterocycles. The molecular weight excluding hydrogens is 224 g/mol. The summed E-state index contributed by atoms with van der Waals surface area (Å²) in [5.41, 5.74) is 2.54. The van der Waals surface area contributed by atoms with Crippen LogP contribution in [0.25, 0.3) is 10.9 Å². The summed E-state index contributed by atoms with van der Waals surface area (Å²) < 4.78 is 2.13. The van der Waals surface area contributed by atoms with E-state index in [4.69, 9.17) is 5.11 Å². The van der Waals surface area contributed by atoms with E-state index in [-0.39, 0.29) is 6.61 Å². The maximum absolute atomic E-state index is 9.10. The van der Waals surface area contributed by atoms with Crippen LogP contribution in [0.4, 0.5) is 0 Å². The smallest absolute Gasteiger partial charge is 0.0610 e. The number of aliphatic hydroxyl groups excluding tert-OH is 1. The molecule has 0 spiro atoms. The van der Waals surface area contributed by atoms with Crippen molar-refractivity contribution in [2.45, 2.75) is 26.9 Å². The average molecular weight is 246 g/mol. The van der Waals surface area contributed by atoms with E-state index in [1.54, 1.807) is 0 Å². The fraction of sp³-hybridized carbons (Fsp3) is 0.467. The van der Waals surface area contributed by atoms with Crippen molar-refractivity contribution in [3.63, 3.8) is 0 Å². The van der Waals surface area contributed by atoms with E-state index in [1.165, 1.54) is 16.5 Å². The number of nitrogens with one attached hydrogen (secondary N) is 1. The fourth-order valence-corrected chi connectivity index (χ4v) is 2.27. The first-order valence-corrected chi connectivity index (χ1v) is 6.60. The van der Waals surface area contributed by atoms with Gasteiger partial charge in [0.05, 0.1) is 12.1 Å². The van der Waals surface area contributed by atoms with Gasteiger partial charge < -0.3 is 15.0 Å². The van der Waals surface area contributed by atoms with E-state index in [0.717, 1.165) is 13.1 Å². The highest BCUT2D eigenvalue weighted by Gasteiger charge is 2.06. The molecule has 0 bridgehead atoms. The van der Waals surface area contributed by atoms with Crippen LogP contribution in [0.15, 0.2) is 30.5 Å². The third-order valence-corrected chi connectivity index (χ3v) is 3.08. The molecule has 0 fully saturated rings. The summed E-state index contributed by atoms with van der Waals surface area (Å²) >= 11 is 0. The molecule has 0 unspecified atom stereocenters. The molecule has 0 radical (unpaired) electrons. The van der Waals surface area contributed by atoms with Crippen LogP contribution in [-0.2, 0) is 13.1 Å². The van der Waals surface area contributed by atoms with Gasteiger partial charge in [-0.2, -0.15) is 0 Å². The van der Waals surface area contributed by atoms with Crippen molar-refractivity contribution in [1.29, 1.82) is 0 Å². The van der Waals surface area contributed by atoms with Gasteiger partial charge in [0, 0.05) is 19.3 Å². The van der Waals surface area contributed by atoms with Crippen molar-refractivity contribution in [2.24, 2.45) is 5.92 Å². The molecule has 0 aliphatic carbocycles. The van der Waals surface area contributed by atoms with Crippen molar-refractivity contribution in [3.8, 4) is 0 Å². The standard InChI is InChI=1S/C15H22N2O/c1-12(2)10-16-11-14-5-3-4-13-6-7-17(8-9-18)15(13)14/h3-7,12,16,18H,8-11H2,1-2H3. The number of aliphatic hydroxyl groups is 1. The first kappa shape index (κ1) is 13.1. The maximum Gasteiger partial charge on any atom is 0.0610 e. The van der Waals surface area contributed by atoms with Gasteiger partial charge in [-0.1, -0.05) is 32.0 Å². The van der Waals surface area contributed by atoms with Crippen LogP contribution in [0.1, 0.15) is 19.4 Å². The highest BCUT2D eigenvalue weighted by Crippen LogP contribution is 2.20. The first-order valence-electron chi connectivity index (χ1n) is 6.60. The number of hydrogen-bond donors (Lipinski definition) is 2. The van der Waals surface area contributed by atoms with Crippen LogP contribution in [0.5, 0.6) is 0 Å². The zero-order valence-corrected chi connectivity index (χ0v) is 11.2. The second-order valence-electron chi connectivity index (χ2n) is 5.11. The highest BCUT2D eigenvalue weighted by atomic mass is 16.3. The number of hydrogen-bond acceptors (Lipinski definition) is 2. The van der Waals surface area contributed by atoms with Gasteiger partial charge in [-0.3, -0.25) is 0 Å². The van der Waals surface area contributed by atoms with Crippen LogP contribution < -0.4 is 5.32 Å². The Labute approximate surface area is 108 Å². The summed E-state index contributed by atoms with van der Waals surface area (Å²) in [6.07, 6.45) is 2.05. The fourth-order valence-electron chi connectivity index (χ4n) is 2.27. The lowest BCUT2D eigenvalue weighted by molar-refractivity contribution is 0.278. The Hall–Kier alpha value is -1.32. The minimum atomic E-state index is 0.178. The minimum Gasteiger partial charge on any atom is -0.395 e. The van der Waals surface area contributed by atoms with E-state index in [2.05, 4.69) is 48.0 Å². The van der Waals surface area contributed by atoms with Crippen LogP contribution in [-0.4, -0.2) is 22.8 Å². The van der Waals surface area contributed by atoms with Gasteiger partial charge in [0.2, 0.25) is 0 Å². The van der Waals surface area contributed by atoms with E-state index in [9.17, 15) is 0 Å². The molecule has 0 aliphatic heterocycles. The SMILES string of the molecule is CC(C)CNCc1cccc2ccn(CCO)c12. The van der Waals surface area contributed by atoms with Gasteiger partial charge in [-0.05, 0) is 29.5 Å². The molecule has 2 rings (SSSR count). The molecule has 0 atom stereocenters. The second-order valence-corrected chi connectivity index (χ2v) is 5.11. The van der Waals surface area contributed by atoms with E-state index in [1.807, 2.05) is 6.20 Å². The highest BCUT2D eigenvalue weighted by molar-refractivity contribution is 5.83. The van der Waals surface area contributed by atoms with E-state index >= 15 is 0 Å². The summed E-state index contributed by atoms with van der Waals surface area (Å²) in [6.45, 7) is 7.16. The van der Waals surface area contributed by atoms with Gasteiger partial charge >= 0.3 is 0 Å². The largest absolute Gasteiger partial charge is 0.395 e. The molecule has 2 aromatic rings. The molecule has 1 heterocycles. The molecule has 3 nitrogen and oxygen atoms in total. The van der Waals surface area contributed by atoms with Crippen molar-refractivity contribution >= 4 is 10.9 Å². The van der Waals surface area contributed by atoms with Gasteiger partial charge in [0.15, 0.2) is 0 Å². The average Bonchev–Trinajstić information content (AvgIpc) is 2.74. The molecule has 18 heavy (non-hydrogen) atoms. The molecule has 98 valence electrons. The minimum absolute atomic E-state index is 0.178. The molecule has 2 N–H and O–H groups in total. The zero-order valence-electron chi connectivity index (χ0n) is 11.2. The lowest BCUT2D eigenvalue weighted by atomic mass is 10.1. The monoisotopic (exact) mass is 246 g/mol. The van der Waals surface area contributed by atoms with Gasteiger partial charge in [-0.25, -0.2) is 0 Å². The number of rotatable bonds is 6. The van der Waals surface area contributed by atoms with Gasteiger partial charge in [0.1, 0.15) is 0 Å².